The molecule has 1 fully saturated rings. The van der Waals surface area contributed by atoms with Crippen molar-refractivity contribution < 1.29 is 27.1 Å². The van der Waals surface area contributed by atoms with Gasteiger partial charge in [0.2, 0.25) is 12.1 Å². The first-order valence-corrected chi connectivity index (χ1v) is 10.2. The Hall–Kier alpha value is -3.14. The molecular formula is C22H20F4N4O2. The topological polar surface area (TPSA) is 57.2 Å². The smallest absolute Gasteiger partial charge is 0.294 e. The molecule has 168 valence electrons. The molecular weight excluding hydrogens is 428 g/mol. The van der Waals surface area contributed by atoms with Crippen molar-refractivity contribution >= 4 is 11.8 Å². The summed E-state index contributed by atoms with van der Waals surface area (Å²) >= 11 is 0. The maximum absolute atomic E-state index is 14.3. The first-order valence-electron chi connectivity index (χ1n) is 10.2. The van der Waals surface area contributed by atoms with E-state index in [4.69, 9.17) is 4.74 Å². The molecule has 0 aromatic heterocycles. The Labute approximate surface area is 181 Å². The summed E-state index contributed by atoms with van der Waals surface area (Å²) in [6.45, 7) is 0.281. The van der Waals surface area contributed by atoms with Crippen LogP contribution in [-0.2, 0) is 11.3 Å². The standard InChI is InChI=1S/C22H20F4N4O2/c23-18(24)20-28-27-19(32-20)14-6-7-15-12-30(21(31)16(15)10-14)29-9-8-22(25,26)11-17(29)13-4-2-1-3-5-13/h1-7,10,17-18,20,28H,8-9,11-12H2. The summed E-state index contributed by atoms with van der Waals surface area (Å²) in [4.78, 5) is 13.3. The van der Waals surface area contributed by atoms with E-state index in [1.807, 2.05) is 6.07 Å². The van der Waals surface area contributed by atoms with E-state index in [9.17, 15) is 22.4 Å². The minimum absolute atomic E-state index is 0.0240. The minimum Gasteiger partial charge on any atom is -0.445 e. The Bertz CT molecular complexity index is 1060. The largest absolute Gasteiger partial charge is 0.445 e. The monoisotopic (exact) mass is 448 g/mol. The Balaban J connectivity index is 1.40. The molecule has 32 heavy (non-hydrogen) atoms. The molecule has 3 aliphatic heterocycles. The molecule has 0 aliphatic carbocycles. The number of carbonyl (C=O) groups excluding carboxylic acids is 1. The summed E-state index contributed by atoms with van der Waals surface area (Å²) in [5.41, 5.74) is 4.42. The SMILES string of the molecule is O=C1c2cc(C3=NNC(C(F)F)O3)ccc2CN1N1CCC(F)(F)CC1c1ccccc1. The molecule has 5 rings (SSSR count). The number of hydrazine groups is 1. The molecule has 0 saturated carbocycles. The number of carbonyl (C=O) groups is 1. The Kier molecular flexibility index (Phi) is 5.04. The number of nitrogens with zero attached hydrogens (tertiary/aromatic N) is 3. The number of ether oxygens (including phenoxy) is 1. The van der Waals surface area contributed by atoms with E-state index in [2.05, 4.69) is 10.5 Å². The van der Waals surface area contributed by atoms with E-state index < -0.39 is 24.6 Å². The van der Waals surface area contributed by atoms with E-state index in [1.165, 1.54) is 5.01 Å². The molecule has 2 unspecified atom stereocenters. The number of rotatable bonds is 4. The van der Waals surface area contributed by atoms with Crippen LogP contribution in [0.3, 0.4) is 0 Å². The summed E-state index contributed by atoms with van der Waals surface area (Å²) in [5, 5.41) is 7.00. The number of alkyl halides is 4. The lowest BCUT2D eigenvalue weighted by atomic mass is 9.94. The van der Waals surface area contributed by atoms with Crippen LogP contribution in [0.2, 0.25) is 0 Å². The molecule has 10 heteroatoms. The second-order valence-electron chi connectivity index (χ2n) is 8.05. The average molecular weight is 448 g/mol. The number of nitrogens with one attached hydrogen (secondary N) is 1. The molecule has 6 nitrogen and oxygen atoms in total. The molecule has 0 bridgehead atoms. The third kappa shape index (κ3) is 3.68. The number of hydrogen-bond acceptors (Lipinski definition) is 5. The molecule has 2 aromatic carbocycles. The van der Waals surface area contributed by atoms with Gasteiger partial charge in [-0.05, 0) is 23.3 Å². The molecule has 3 heterocycles. The summed E-state index contributed by atoms with van der Waals surface area (Å²) in [6, 6.07) is 13.2. The average Bonchev–Trinajstić information content (AvgIpc) is 3.39. The first-order chi connectivity index (χ1) is 15.3. The fourth-order valence-electron chi connectivity index (χ4n) is 4.34. The van der Waals surface area contributed by atoms with Gasteiger partial charge in [-0.3, -0.25) is 15.2 Å². The van der Waals surface area contributed by atoms with Crippen LogP contribution in [0, 0.1) is 0 Å². The van der Waals surface area contributed by atoms with Crippen molar-refractivity contribution in [1.82, 2.24) is 15.4 Å². The number of fused-ring (bicyclic) bond motifs is 1. The fraction of sp³-hybridized carbons (Fsp3) is 0.364. The fourth-order valence-corrected chi connectivity index (χ4v) is 4.34. The quantitative estimate of drug-likeness (QED) is 0.721. The first kappa shape index (κ1) is 20.7. The minimum atomic E-state index is -2.81. The number of benzene rings is 2. The van der Waals surface area contributed by atoms with Crippen molar-refractivity contribution in [2.45, 2.75) is 44.0 Å². The highest BCUT2D eigenvalue weighted by Crippen LogP contribution is 2.42. The van der Waals surface area contributed by atoms with Gasteiger partial charge < -0.3 is 4.74 Å². The number of hydrogen-bond donors (Lipinski definition) is 1. The van der Waals surface area contributed by atoms with Crippen LogP contribution in [0.5, 0.6) is 0 Å². The molecule has 1 saturated heterocycles. The molecule has 0 radical (unpaired) electrons. The molecule has 0 spiro atoms. The second-order valence-corrected chi connectivity index (χ2v) is 8.05. The molecule has 3 aliphatic rings. The van der Waals surface area contributed by atoms with Crippen molar-refractivity contribution in [3.63, 3.8) is 0 Å². The molecule has 1 N–H and O–H groups in total. The zero-order valence-electron chi connectivity index (χ0n) is 16.8. The highest BCUT2D eigenvalue weighted by molar-refractivity contribution is 6.02. The van der Waals surface area contributed by atoms with Crippen LogP contribution in [-0.4, -0.2) is 46.9 Å². The molecule has 2 aromatic rings. The van der Waals surface area contributed by atoms with Gasteiger partial charge in [0.05, 0.1) is 12.6 Å². The highest BCUT2D eigenvalue weighted by Gasteiger charge is 2.45. The van der Waals surface area contributed by atoms with Gasteiger partial charge >= 0.3 is 0 Å². The zero-order valence-corrected chi connectivity index (χ0v) is 16.8. The van der Waals surface area contributed by atoms with Gasteiger partial charge in [-0.15, -0.1) is 5.10 Å². The van der Waals surface area contributed by atoms with Crippen molar-refractivity contribution in [2.24, 2.45) is 5.10 Å². The van der Waals surface area contributed by atoms with Crippen LogP contribution < -0.4 is 5.43 Å². The lowest BCUT2D eigenvalue weighted by molar-refractivity contribution is -0.136. The van der Waals surface area contributed by atoms with Crippen LogP contribution in [0.1, 0.15) is 45.9 Å². The van der Waals surface area contributed by atoms with Gasteiger partial charge in [-0.1, -0.05) is 36.4 Å². The Morgan fingerprint density at radius 3 is 2.66 bits per heavy atom. The van der Waals surface area contributed by atoms with Crippen molar-refractivity contribution in [2.75, 3.05) is 6.54 Å². The van der Waals surface area contributed by atoms with Crippen LogP contribution in [0.4, 0.5) is 17.6 Å². The highest BCUT2D eigenvalue weighted by atomic mass is 19.3. The van der Waals surface area contributed by atoms with Crippen molar-refractivity contribution in [1.29, 1.82) is 0 Å². The number of halogens is 4. The lowest BCUT2D eigenvalue weighted by Gasteiger charge is -2.43. The zero-order chi connectivity index (χ0) is 22.5. The lowest BCUT2D eigenvalue weighted by Crippen LogP contribution is -2.51. The third-order valence-corrected chi connectivity index (χ3v) is 5.96. The van der Waals surface area contributed by atoms with Crippen molar-refractivity contribution in [3.8, 4) is 0 Å². The number of amides is 1. The Morgan fingerprint density at radius 1 is 1.16 bits per heavy atom. The maximum atomic E-state index is 14.3. The molecule has 1 amide bonds. The normalized spacial score (nSPS) is 24.8. The van der Waals surface area contributed by atoms with E-state index >= 15 is 0 Å². The van der Waals surface area contributed by atoms with Gasteiger partial charge in [-0.25, -0.2) is 22.6 Å². The third-order valence-electron chi connectivity index (χ3n) is 5.96. The van der Waals surface area contributed by atoms with E-state index in [1.54, 1.807) is 47.5 Å². The maximum Gasteiger partial charge on any atom is 0.294 e. The van der Waals surface area contributed by atoms with Gasteiger partial charge in [0.15, 0.2) is 0 Å². The number of hydrazone groups is 1. The second kappa shape index (κ2) is 7.77. The van der Waals surface area contributed by atoms with Crippen LogP contribution in [0.15, 0.2) is 53.6 Å². The van der Waals surface area contributed by atoms with Crippen LogP contribution in [0.25, 0.3) is 0 Å². The van der Waals surface area contributed by atoms with Gasteiger partial charge in [0.25, 0.3) is 18.3 Å². The van der Waals surface area contributed by atoms with Gasteiger partial charge in [-0.2, -0.15) is 0 Å². The predicted octanol–water partition coefficient (Wildman–Crippen LogP) is 3.90. The van der Waals surface area contributed by atoms with Crippen molar-refractivity contribution in [3.05, 3.63) is 70.8 Å². The van der Waals surface area contributed by atoms with Gasteiger partial charge in [0, 0.05) is 30.5 Å². The van der Waals surface area contributed by atoms with Gasteiger partial charge in [0.1, 0.15) is 0 Å². The summed E-state index contributed by atoms with van der Waals surface area (Å²) in [6.07, 6.45) is -5.01. The van der Waals surface area contributed by atoms with E-state index in [0.717, 1.165) is 5.56 Å². The van der Waals surface area contributed by atoms with Crippen LogP contribution >= 0.6 is 0 Å². The molecule has 2 atom stereocenters. The Morgan fingerprint density at radius 2 is 1.94 bits per heavy atom. The predicted molar refractivity (Wildman–Crippen MR) is 107 cm³/mol. The van der Waals surface area contributed by atoms with E-state index in [0.29, 0.717) is 16.7 Å². The summed E-state index contributed by atoms with van der Waals surface area (Å²) in [7, 11) is 0. The summed E-state index contributed by atoms with van der Waals surface area (Å²) in [5.74, 6) is -3.17. The number of piperidine rings is 1. The summed E-state index contributed by atoms with van der Waals surface area (Å²) < 4.78 is 59.3. The van der Waals surface area contributed by atoms with E-state index in [-0.39, 0.29) is 37.7 Å².